The molecule has 0 radical (unpaired) electrons. The molecule has 2 atom stereocenters. The van der Waals surface area contributed by atoms with Gasteiger partial charge in [-0.05, 0) is 58.1 Å². The summed E-state index contributed by atoms with van der Waals surface area (Å²) in [4.78, 5) is 39.0. The van der Waals surface area contributed by atoms with E-state index in [4.69, 9.17) is 18.9 Å². The topological polar surface area (TPSA) is 128 Å². The van der Waals surface area contributed by atoms with E-state index in [-0.39, 0.29) is 18.0 Å². The van der Waals surface area contributed by atoms with Gasteiger partial charge in [-0.15, -0.1) is 0 Å². The molecule has 1 unspecified atom stereocenters. The molecule has 1 saturated heterocycles. The van der Waals surface area contributed by atoms with Crippen molar-refractivity contribution in [2.75, 3.05) is 19.7 Å². The molecule has 11 nitrogen and oxygen atoms in total. The van der Waals surface area contributed by atoms with Gasteiger partial charge in [0.2, 0.25) is 0 Å². The number of likely N-dealkylation sites (tertiary alicyclic amines) is 1. The third kappa shape index (κ3) is 5.68. The van der Waals surface area contributed by atoms with E-state index in [1.165, 1.54) is 25.4 Å². The highest BCUT2D eigenvalue weighted by molar-refractivity contribution is 6.06. The van der Waals surface area contributed by atoms with Crippen LogP contribution in [0.2, 0.25) is 0 Å². The first-order chi connectivity index (χ1) is 19.2. The molecule has 210 valence electrons. The monoisotopic (exact) mass is 547 g/mol. The highest BCUT2D eigenvalue weighted by atomic mass is 16.7. The Labute approximate surface area is 231 Å². The van der Waals surface area contributed by atoms with Crippen molar-refractivity contribution in [3.63, 3.8) is 0 Å². The third-order valence-electron chi connectivity index (χ3n) is 6.96. The van der Waals surface area contributed by atoms with Gasteiger partial charge in [-0.1, -0.05) is 12.1 Å². The van der Waals surface area contributed by atoms with Crippen LogP contribution in [0.25, 0.3) is 16.8 Å². The van der Waals surface area contributed by atoms with Crippen LogP contribution in [0.4, 0.5) is 4.79 Å². The Morgan fingerprint density at radius 1 is 1.20 bits per heavy atom. The van der Waals surface area contributed by atoms with E-state index in [0.717, 1.165) is 17.9 Å². The minimum absolute atomic E-state index is 0.190. The number of carbonyl (C=O) groups is 2. The van der Waals surface area contributed by atoms with Gasteiger partial charge in [-0.3, -0.25) is 4.79 Å². The van der Waals surface area contributed by atoms with Gasteiger partial charge in [0.25, 0.3) is 12.2 Å². The second-order valence-corrected chi connectivity index (χ2v) is 11.4. The lowest BCUT2D eigenvalue weighted by molar-refractivity contribution is -0.0173. The molecule has 11 heteroatoms. The highest BCUT2D eigenvalue weighted by Gasteiger charge is 2.32. The number of H-pyrrole nitrogens is 1. The average molecular weight is 548 g/mol. The van der Waals surface area contributed by atoms with Crippen LogP contribution in [-0.2, 0) is 14.2 Å². The molecular weight excluding hydrogens is 514 g/mol. The Balaban J connectivity index is 1.11. The molecule has 1 saturated carbocycles. The number of aromatic amines is 1. The predicted molar refractivity (Wildman–Crippen MR) is 145 cm³/mol. The first kappa shape index (κ1) is 26.0. The van der Waals surface area contributed by atoms with Gasteiger partial charge in [0.15, 0.2) is 5.76 Å². The van der Waals surface area contributed by atoms with E-state index in [1.807, 2.05) is 45.0 Å². The number of fused-ring (bicyclic) bond motifs is 1. The Morgan fingerprint density at radius 2 is 2.05 bits per heavy atom. The molecular formula is C29H33N5O6. The van der Waals surface area contributed by atoms with Crippen molar-refractivity contribution in [3.8, 4) is 5.75 Å². The Morgan fingerprint density at radius 3 is 2.85 bits per heavy atom. The second kappa shape index (κ2) is 10.4. The molecule has 2 N–H and O–H groups in total. The third-order valence-corrected chi connectivity index (χ3v) is 6.96. The lowest BCUT2D eigenvalue weighted by Gasteiger charge is -2.24. The maximum absolute atomic E-state index is 13.2. The fourth-order valence-electron chi connectivity index (χ4n) is 4.73. The van der Waals surface area contributed by atoms with Crippen molar-refractivity contribution in [1.29, 1.82) is 0 Å². The summed E-state index contributed by atoms with van der Waals surface area (Å²) in [5, 5.41) is 3.01. The van der Waals surface area contributed by atoms with Gasteiger partial charge in [0.05, 0.1) is 17.7 Å². The van der Waals surface area contributed by atoms with Gasteiger partial charge in [0, 0.05) is 30.9 Å². The van der Waals surface area contributed by atoms with Gasteiger partial charge in [0.1, 0.15) is 35.2 Å². The van der Waals surface area contributed by atoms with Crippen LogP contribution in [0.5, 0.6) is 5.75 Å². The predicted octanol–water partition coefficient (Wildman–Crippen LogP) is 4.53. The zero-order chi connectivity index (χ0) is 27.9. The van der Waals surface area contributed by atoms with Crippen molar-refractivity contribution in [2.24, 2.45) is 5.92 Å². The lowest BCUT2D eigenvalue weighted by atomic mass is 10.2. The fourth-order valence-corrected chi connectivity index (χ4v) is 4.73. The summed E-state index contributed by atoms with van der Waals surface area (Å²) in [5.74, 6) is 1.59. The first-order valence-corrected chi connectivity index (χ1v) is 13.6. The number of amides is 2. The Bertz CT molecular complexity index is 1460. The van der Waals surface area contributed by atoms with Gasteiger partial charge < -0.3 is 34.1 Å². The molecule has 3 aromatic rings. The summed E-state index contributed by atoms with van der Waals surface area (Å²) in [7, 11) is 0. The van der Waals surface area contributed by atoms with Crippen LogP contribution in [0.3, 0.4) is 0 Å². The summed E-state index contributed by atoms with van der Waals surface area (Å²) >= 11 is 0. The number of carbonyl (C=O) groups excluding carboxylic acids is 2. The molecule has 0 spiro atoms. The summed E-state index contributed by atoms with van der Waals surface area (Å²) < 4.78 is 23.3. The van der Waals surface area contributed by atoms with Crippen LogP contribution in [0.15, 0.2) is 43.1 Å². The minimum Gasteiger partial charge on any atom is -0.493 e. The Hall–Kier alpha value is -4.28. The van der Waals surface area contributed by atoms with E-state index in [2.05, 4.69) is 20.3 Å². The molecule has 6 rings (SSSR count). The largest absolute Gasteiger partial charge is 0.493 e. The zero-order valence-electron chi connectivity index (χ0n) is 22.8. The smallest absolute Gasteiger partial charge is 0.410 e. The number of hydrogen-bond donors (Lipinski definition) is 2. The average Bonchev–Trinajstić information content (AvgIpc) is 3.29. The minimum atomic E-state index is -0.641. The van der Waals surface area contributed by atoms with Gasteiger partial charge >= 0.3 is 6.09 Å². The van der Waals surface area contributed by atoms with Crippen molar-refractivity contribution in [3.05, 3.63) is 59.9 Å². The molecule has 1 aromatic carbocycles. The van der Waals surface area contributed by atoms with Crippen molar-refractivity contribution >= 4 is 28.8 Å². The number of hydrogen-bond acceptors (Lipinski definition) is 8. The van der Waals surface area contributed by atoms with E-state index >= 15 is 0 Å². The van der Waals surface area contributed by atoms with Gasteiger partial charge in [-0.2, -0.15) is 0 Å². The van der Waals surface area contributed by atoms with Crippen LogP contribution < -0.4 is 10.1 Å². The number of nitrogens with one attached hydrogen (secondary N) is 2. The molecule has 40 heavy (non-hydrogen) atoms. The SMILES string of the molecule is CC(C)(C)OC(=O)N1CC[C@@H](NC(=O)c2c[nH]c3c(C4=COC(c5cccc(OCC6CC6)c5)O4)ncnc23)C1. The standard InChI is InChI=1S/C29H33N5O6/c1-29(2,3)40-28(36)34-10-9-19(13-34)33-26(35)21-12-30-25-23(21)31-16-32-24(25)22-15-38-27(39-22)18-5-4-6-20(11-18)37-14-17-7-8-17/h4-6,11-12,15-17,19,27,30H,7-10,13-14H2,1-3H3,(H,33,35)/t19-,27?/m1/s1. The highest BCUT2D eigenvalue weighted by Crippen LogP contribution is 2.36. The number of benzene rings is 1. The van der Waals surface area contributed by atoms with Crippen LogP contribution in [-0.4, -0.2) is 63.2 Å². The van der Waals surface area contributed by atoms with E-state index in [0.29, 0.717) is 53.5 Å². The van der Waals surface area contributed by atoms with Crippen molar-refractivity contribution in [2.45, 2.75) is 58.0 Å². The lowest BCUT2D eigenvalue weighted by Crippen LogP contribution is -2.40. The number of aromatic nitrogens is 3. The summed E-state index contributed by atoms with van der Waals surface area (Å²) in [6.07, 6.45) is 6.59. The van der Waals surface area contributed by atoms with E-state index in [1.54, 1.807) is 11.1 Å². The number of rotatable bonds is 7. The first-order valence-electron chi connectivity index (χ1n) is 13.6. The summed E-state index contributed by atoms with van der Waals surface area (Å²) in [6.45, 7) is 7.11. The second-order valence-electron chi connectivity index (χ2n) is 11.4. The number of ether oxygens (including phenoxy) is 4. The summed E-state index contributed by atoms with van der Waals surface area (Å²) in [6, 6.07) is 7.49. The maximum atomic E-state index is 13.2. The van der Waals surface area contributed by atoms with E-state index in [9.17, 15) is 9.59 Å². The van der Waals surface area contributed by atoms with E-state index < -0.39 is 11.9 Å². The molecule has 3 aliphatic rings. The molecule has 1 aliphatic carbocycles. The summed E-state index contributed by atoms with van der Waals surface area (Å²) in [5.41, 5.74) is 2.15. The van der Waals surface area contributed by atoms with Crippen molar-refractivity contribution in [1.82, 2.24) is 25.2 Å². The molecule has 0 bridgehead atoms. The molecule has 4 heterocycles. The number of nitrogens with zero attached hydrogens (tertiary/aromatic N) is 3. The quantitative estimate of drug-likeness (QED) is 0.442. The van der Waals surface area contributed by atoms with Crippen LogP contribution in [0.1, 0.15) is 67.9 Å². The normalized spacial score (nSPS) is 20.6. The Kier molecular flexibility index (Phi) is 6.73. The molecule has 2 amide bonds. The van der Waals surface area contributed by atoms with Crippen LogP contribution >= 0.6 is 0 Å². The molecule has 2 aliphatic heterocycles. The van der Waals surface area contributed by atoms with Crippen molar-refractivity contribution < 1.29 is 28.5 Å². The maximum Gasteiger partial charge on any atom is 0.410 e. The fraction of sp³-hybridized carbons (Fsp3) is 0.448. The zero-order valence-corrected chi connectivity index (χ0v) is 22.8. The van der Waals surface area contributed by atoms with Crippen LogP contribution in [0, 0.1) is 5.92 Å². The van der Waals surface area contributed by atoms with Gasteiger partial charge in [-0.25, -0.2) is 14.8 Å². The molecule has 2 aromatic heterocycles. The molecule has 2 fully saturated rings.